The third kappa shape index (κ3) is 8.75. The summed E-state index contributed by atoms with van der Waals surface area (Å²) < 4.78 is 10.4. The largest absolute Gasteiger partial charge is 0.466 e. The molecule has 2 rings (SSSR count). The lowest BCUT2D eigenvalue weighted by atomic mass is 10.2. The first-order chi connectivity index (χ1) is 12.7. The molecule has 7 nitrogen and oxygen atoms in total. The number of nitrogens with one attached hydrogen (secondary N) is 2. The highest BCUT2D eigenvalue weighted by atomic mass is 127. The molecule has 2 N–H and O–H groups in total. The van der Waals surface area contributed by atoms with Gasteiger partial charge in [-0.1, -0.05) is 6.07 Å². The number of esters is 1. The summed E-state index contributed by atoms with van der Waals surface area (Å²) in [5.41, 5.74) is 0. The number of nitrogens with zero attached hydrogens (tertiary/aromatic N) is 2. The van der Waals surface area contributed by atoms with Crippen LogP contribution in [0, 0.1) is 0 Å². The fraction of sp³-hybridized carbons (Fsp3) is 0.667. The first-order valence-corrected chi connectivity index (χ1v) is 10.1. The van der Waals surface area contributed by atoms with E-state index in [0.717, 1.165) is 45.2 Å². The van der Waals surface area contributed by atoms with Crippen molar-refractivity contribution in [3.8, 4) is 0 Å². The van der Waals surface area contributed by atoms with Crippen LogP contribution in [0.3, 0.4) is 0 Å². The summed E-state index contributed by atoms with van der Waals surface area (Å²) in [7, 11) is 1.76. The van der Waals surface area contributed by atoms with Crippen molar-refractivity contribution in [1.29, 1.82) is 0 Å². The molecular weight excluding hydrogens is 479 g/mol. The van der Waals surface area contributed by atoms with Crippen molar-refractivity contribution in [2.24, 2.45) is 4.99 Å². The highest BCUT2D eigenvalue weighted by Gasteiger charge is 2.23. The Kier molecular flexibility index (Phi) is 12.6. The van der Waals surface area contributed by atoms with Crippen LogP contribution in [0.2, 0.25) is 0 Å². The Bertz CT molecular complexity index is 551. The molecule has 1 aromatic heterocycles. The van der Waals surface area contributed by atoms with Crippen molar-refractivity contribution < 1.29 is 14.3 Å². The molecule has 2 heterocycles. The van der Waals surface area contributed by atoms with Gasteiger partial charge in [0.05, 0.1) is 25.9 Å². The summed E-state index contributed by atoms with van der Waals surface area (Å²) in [4.78, 5) is 19.4. The maximum absolute atomic E-state index is 11.4. The molecular formula is C18H31IN4O3S. The molecule has 1 atom stereocenters. The minimum absolute atomic E-state index is 0. The van der Waals surface area contributed by atoms with Crippen LogP contribution in [0.4, 0.5) is 0 Å². The molecule has 0 spiro atoms. The van der Waals surface area contributed by atoms with Gasteiger partial charge >= 0.3 is 5.97 Å². The third-order valence-electron chi connectivity index (χ3n) is 4.20. The minimum Gasteiger partial charge on any atom is -0.466 e. The van der Waals surface area contributed by atoms with Crippen molar-refractivity contribution >= 4 is 47.2 Å². The van der Waals surface area contributed by atoms with E-state index in [0.29, 0.717) is 25.6 Å². The van der Waals surface area contributed by atoms with Crippen LogP contribution in [-0.2, 0) is 14.3 Å². The molecule has 1 fully saturated rings. The van der Waals surface area contributed by atoms with Crippen LogP contribution in [0.25, 0.3) is 0 Å². The number of halogens is 1. The van der Waals surface area contributed by atoms with Gasteiger partial charge in [0.25, 0.3) is 0 Å². The molecule has 9 heteroatoms. The Morgan fingerprint density at radius 3 is 2.81 bits per heavy atom. The Morgan fingerprint density at radius 2 is 2.19 bits per heavy atom. The number of aliphatic imine (C=N–C) groups is 1. The second kappa shape index (κ2) is 14.1. The zero-order chi connectivity index (χ0) is 18.6. The molecule has 27 heavy (non-hydrogen) atoms. The van der Waals surface area contributed by atoms with E-state index in [-0.39, 0.29) is 29.9 Å². The summed E-state index contributed by atoms with van der Waals surface area (Å²) >= 11 is 1.78. The fourth-order valence-electron chi connectivity index (χ4n) is 2.87. The van der Waals surface area contributed by atoms with E-state index in [9.17, 15) is 4.79 Å². The Balaban J connectivity index is 0.00000364. The average Bonchev–Trinajstić information content (AvgIpc) is 3.19. The third-order valence-corrected chi connectivity index (χ3v) is 5.17. The molecule has 1 aliphatic rings. The fourth-order valence-corrected chi connectivity index (χ4v) is 3.73. The van der Waals surface area contributed by atoms with Crippen LogP contribution in [-0.4, -0.2) is 69.9 Å². The van der Waals surface area contributed by atoms with Gasteiger partial charge in [0.2, 0.25) is 0 Å². The number of morpholine rings is 1. The van der Waals surface area contributed by atoms with E-state index in [2.05, 4.69) is 38.0 Å². The molecule has 0 bridgehead atoms. The second-order valence-corrected chi connectivity index (χ2v) is 6.95. The summed E-state index contributed by atoms with van der Waals surface area (Å²) in [5, 5.41) is 8.79. The highest BCUT2D eigenvalue weighted by Crippen LogP contribution is 2.25. The van der Waals surface area contributed by atoms with Crippen LogP contribution < -0.4 is 10.6 Å². The van der Waals surface area contributed by atoms with Crippen LogP contribution >= 0.6 is 35.3 Å². The van der Waals surface area contributed by atoms with Gasteiger partial charge in [0.1, 0.15) is 0 Å². The topological polar surface area (TPSA) is 75.2 Å². The zero-order valence-electron chi connectivity index (χ0n) is 16.1. The first-order valence-electron chi connectivity index (χ1n) is 9.20. The summed E-state index contributed by atoms with van der Waals surface area (Å²) in [5.74, 6) is 0.603. The Morgan fingerprint density at radius 1 is 1.41 bits per heavy atom. The van der Waals surface area contributed by atoms with Crippen molar-refractivity contribution in [3.05, 3.63) is 22.4 Å². The molecule has 0 aliphatic carbocycles. The second-order valence-electron chi connectivity index (χ2n) is 5.97. The smallest absolute Gasteiger partial charge is 0.305 e. The predicted octanol–water partition coefficient (Wildman–Crippen LogP) is 2.25. The van der Waals surface area contributed by atoms with Crippen molar-refractivity contribution in [3.63, 3.8) is 0 Å². The molecule has 1 saturated heterocycles. The molecule has 1 aliphatic heterocycles. The SMILES string of the molecule is CCOC(=O)CCCNC(=NC)NCC(c1cccs1)N1CCOCC1.I. The average molecular weight is 510 g/mol. The monoisotopic (exact) mass is 510 g/mol. The van der Waals surface area contributed by atoms with E-state index in [4.69, 9.17) is 9.47 Å². The van der Waals surface area contributed by atoms with Crippen LogP contribution in [0.15, 0.2) is 22.5 Å². The lowest BCUT2D eigenvalue weighted by Crippen LogP contribution is -2.46. The minimum atomic E-state index is -0.151. The van der Waals surface area contributed by atoms with Crippen molar-refractivity contribution in [1.82, 2.24) is 15.5 Å². The molecule has 0 radical (unpaired) electrons. The normalized spacial score (nSPS) is 16.3. The number of guanidine groups is 1. The molecule has 1 aromatic rings. The van der Waals surface area contributed by atoms with Gasteiger partial charge in [-0.15, -0.1) is 35.3 Å². The van der Waals surface area contributed by atoms with E-state index < -0.39 is 0 Å². The molecule has 0 amide bonds. The molecule has 1 unspecified atom stereocenters. The standard InChI is InChI=1S/C18H30N4O3S.HI/c1-3-25-17(23)7-4-8-20-18(19-2)21-14-15(16-6-5-13-26-16)22-9-11-24-12-10-22;/h5-6,13,15H,3-4,7-12,14H2,1-2H3,(H2,19,20,21);1H. The highest BCUT2D eigenvalue weighted by molar-refractivity contribution is 14.0. The summed E-state index contributed by atoms with van der Waals surface area (Å²) in [6, 6.07) is 4.58. The van der Waals surface area contributed by atoms with Gasteiger partial charge in [-0.3, -0.25) is 14.7 Å². The lowest BCUT2D eigenvalue weighted by molar-refractivity contribution is -0.143. The van der Waals surface area contributed by atoms with Crippen molar-refractivity contribution in [2.45, 2.75) is 25.8 Å². The van der Waals surface area contributed by atoms with Crippen LogP contribution in [0.5, 0.6) is 0 Å². The van der Waals surface area contributed by atoms with E-state index >= 15 is 0 Å². The number of rotatable bonds is 9. The van der Waals surface area contributed by atoms with Gasteiger partial charge in [0, 0.05) is 44.5 Å². The van der Waals surface area contributed by atoms with Gasteiger partial charge in [-0.2, -0.15) is 0 Å². The number of thiophene rings is 1. The maximum atomic E-state index is 11.4. The zero-order valence-corrected chi connectivity index (χ0v) is 19.3. The quantitative estimate of drug-likeness (QED) is 0.175. The Hall–Kier alpha value is -0.910. The van der Waals surface area contributed by atoms with Crippen molar-refractivity contribution in [2.75, 3.05) is 53.0 Å². The number of ether oxygens (including phenoxy) is 2. The van der Waals surface area contributed by atoms with Gasteiger partial charge < -0.3 is 20.1 Å². The predicted molar refractivity (Wildman–Crippen MR) is 120 cm³/mol. The number of carbonyl (C=O) groups excluding carboxylic acids is 1. The summed E-state index contributed by atoms with van der Waals surface area (Å²) in [6.45, 7) is 7.15. The lowest BCUT2D eigenvalue weighted by Gasteiger charge is -2.34. The summed E-state index contributed by atoms with van der Waals surface area (Å²) in [6.07, 6.45) is 1.14. The number of carbonyl (C=O) groups is 1. The van der Waals surface area contributed by atoms with E-state index in [1.807, 2.05) is 6.92 Å². The molecule has 0 aromatic carbocycles. The number of hydrogen-bond donors (Lipinski definition) is 2. The first kappa shape index (κ1) is 24.1. The van der Waals surface area contributed by atoms with Gasteiger partial charge in [-0.05, 0) is 24.8 Å². The van der Waals surface area contributed by atoms with Crippen LogP contribution in [0.1, 0.15) is 30.7 Å². The van der Waals surface area contributed by atoms with Gasteiger partial charge in [0.15, 0.2) is 5.96 Å². The Labute approximate surface area is 182 Å². The number of hydrogen-bond acceptors (Lipinski definition) is 6. The van der Waals surface area contributed by atoms with E-state index in [1.54, 1.807) is 18.4 Å². The van der Waals surface area contributed by atoms with Gasteiger partial charge in [-0.25, -0.2) is 0 Å². The molecule has 154 valence electrons. The van der Waals surface area contributed by atoms with E-state index in [1.165, 1.54) is 4.88 Å². The maximum Gasteiger partial charge on any atom is 0.305 e. The molecule has 0 saturated carbocycles.